The number of aryl methyl sites for hydroxylation is 1. The van der Waals surface area contributed by atoms with Crippen molar-refractivity contribution in [2.24, 2.45) is 0 Å². The number of sulfonamides is 1. The summed E-state index contributed by atoms with van der Waals surface area (Å²) < 4.78 is 28.2. The summed E-state index contributed by atoms with van der Waals surface area (Å²) in [6.45, 7) is 5.81. The van der Waals surface area contributed by atoms with E-state index in [4.69, 9.17) is 11.6 Å². The summed E-state index contributed by atoms with van der Waals surface area (Å²) in [6.07, 6.45) is 2.82. The molecule has 3 rings (SSSR count). The van der Waals surface area contributed by atoms with Crippen LogP contribution in [0.15, 0.2) is 35.2 Å². The number of piperidine rings is 1. The first-order valence-corrected chi connectivity index (χ1v) is 12.1. The van der Waals surface area contributed by atoms with E-state index in [0.717, 1.165) is 29.7 Å². The van der Waals surface area contributed by atoms with Crippen molar-refractivity contribution >= 4 is 38.9 Å². The Kier molecular flexibility index (Phi) is 6.81. The van der Waals surface area contributed by atoms with Crippen molar-refractivity contribution in [1.29, 1.82) is 0 Å². The molecule has 1 aliphatic heterocycles. The van der Waals surface area contributed by atoms with Crippen LogP contribution in [0.3, 0.4) is 0 Å². The fourth-order valence-electron chi connectivity index (χ4n) is 3.37. The van der Waals surface area contributed by atoms with Gasteiger partial charge in [0.05, 0.1) is 15.8 Å². The SMILES string of the molecule is CCN(Cc1ccc(Cl)s1)C(=O)c1cc(S(=O)(=O)N2CCCCC2)ccc1C. The van der Waals surface area contributed by atoms with E-state index in [1.54, 1.807) is 17.0 Å². The number of benzene rings is 1. The molecular formula is C20H25ClN2O3S2. The van der Waals surface area contributed by atoms with Crippen molar-refractivity contribution < 1.29 is 13.2 Å². The van der Waals surface area contributed by atoms with Gasteiger partial charge in [-0.25, -0.2) is 8.42 Å². The highest BCUT2D eigenvalue weighted by molar-refractivity contribution is 7.89. The number of carbonyl (C=O) groups is 1. The molecule has 0 N–H and O–H groups in total. The Morgan fingerprint density at radius 3 is 2.50 bits per heavy atom. The van der Waals surface area contributed by atoms with Gasteiger partial charge in [0, 0.05) is 30.1 Å². The Morgan fingerprint density at radius 2 is 1.89 bits per heavy atom. The molecule has 8 heteroatoms. The van der Waals surface area contributed by atoms with Crippen molar-refractivity contribution in [2.75, 3.05) is 19.6 Å². The monoisotopic (exact) mass is 440 g/mol. The van der Waals surface area contributed by atoms with Crippen molar-refractivity contribution in [1.82, 2.24) is 9.21 Å². The molecule has 2 heterocycles. The smallest absolute Gasteiger partial charge is 0.254 e. The summed E-state index contributed by atoms with van der Waals surface area (Å²) >= 11 is 7.44. The van der Waals surface area contributed by atoms with Crippen molar-refractivity contribution in [3.05, 3.63) is 50.7 Å². The van der Waals surface area contributed by atoms with Gasteiger partial charge < -0.3 is 4.90 Å². The van der Waals surface area contributed by atoms with Crippen LogP contribution in [-0.2, 0) is 16.6 Å². The minimum atomic E-state index is -3.58. The summed E-state index contributed by atoms with van der Waals surface area (Å²) in [5.74, 6) is -0.166. The number of amides is 1. The van der Waals surface area contributed by atoms with Gasteiger partial charge in [-0.15, -0.1) is 11.3 Å². The summed E-state index contributed by atoms with van der Waals surface area (Å²) in [6, 6.07) is 8.58. The molecule has 1 fully saturated rings. The number of carbonyl (C=O) groups excluding carboxylic acids is 1. The molecule has 2 aromatic rings. The van der Waals surface area contributed by atoms with Gasteiger partial charge in [0.15, 0.2) is 0 Å². The van der Waals surface area contributed by atoms with Gasteiger partial charge in [0.25, 0.3) is 5.91 Å². The standard InChI is InChI=1S/C20H25ClN2O3S2/c1-3-22(14-16-8-10-19(21)27-16)20(24)18-13-17(9-7-15(18)2)28(25,26)23-11-5-4-6-12-23/h7-10,13H,3-6,11-12,14H2,1-2H3. The van der Waals surface area contributed by atoms with Crippen molar-refractivity contribution in [3.63, 3.8) is 0 Å². The number of halogens is 1. The van der Waals surface area contributed by atoms with Crippen LogP contribution in [0.2, 0.25) is 4.34 Å². The largest absolute Gasteiger partial charge is 0.334 e. The second-order valence-electron chi connectivity index (χ2n) is 6.97. The molecule has 1 saturated heterocycles. The molecule has 28 heavy (non-hydrogen) atoms. The molecule has 0 bridgehead atoms. The second-order valence-corrected chi connectivity index (χ2v) is 10.7. The number of rotatable bonds is 6. The van der Waals surface area contributed by atoms with Crippen LogP contribution in [0.5, 0.6) is 0 Å². The minimum absolute atomic E-state index is 0.166. The van der Waals surface area contributed by atoms with Gasteiger partial charge in [-0.2, -0.15) is 4.31 Å². The summed E-state index contributed by atoms with van der Waals surface area (Å²) in [5, 5.41) is 0. The van der Waals surface area contributed by atoms with Gasteiger partial charge in [-0.3, -0.25) is 4.79 Å². The number of thiophene rings is 1. The lowest BCUT2D eigenvalue weighted by Crippen LogP contribution is -2.36. The maximum absolute atomic E-state index is 13.2. The van der Waals surface area contributed by atoms with Gasteiger partial charge in [0.2, 0.25) is 10.0 Å². The maximum atomic E-state index is 13.2. The molecule has 0 aliphatic carbocycles. The summed E-state index contributed by atoms with van der Waals surface area (Å²) in [4.78, 5) is 16.1. The zero-order valence-electron chi connectivity index (χ0n) is 16.2. The van der Waals surface area contributed by atoms with Gasteiger partial charge in [0.1, 0.15) is 0 Å². The second kappa shape index (κ2) is 8.95. The van der Waals surface area contributed by atoms with Crippen LogP contribution < -0.4 is 0 Å². The highest BCUT2D eigenvalue weighted by Gasteiger charge is 2.27. The third kappa shape index (κ3) is 4.59. The van der Waals surface area contributed by atoms with E-state index >= 15 is 0 Å². The molecule has 0 saturated carbocycles. The fraction of sp³-hybridized carbons (Fsp3) is 0.450. The Hall–Kier alpha value is -1.41. The predicted molar refractivity (Wildman–Crippen MR) is 114 cm³/mol. The molecule has 1 aliphatic rings. The first kappa shape index (κ1) is 21.3. The average Bonchev–Trinajstić information content (AvgIpc) is 3.11. The maximum Gasteiger partial charge on any atom is 0.254 e. The van der Waals surface area contributed by atoms with Crippen LogP contribution in [0, 0.1) is 6.92 Å². The van der Waals surface area contributed by atoms with Crippen LogP contribution in [0.4, 0.5) is 0 Å². The highest BCUT2D eigenvalue weighted by atomic mass is 35.5. The molecule has 5 nitrogen and oxygen atoms in total. The number of hydrogen-bond donors (Lipinski definition) is 0. The molecule has 1 aromatic carbocycles. The van der Waals surface area contributed by atoms with Crippen molar-refractivity contribution in [2.45, 2.75) is 44.6 Å². The van der Waals surface area contributed by atoms with E-state index in [-0.39, 0.29) is 10.8 Å². The Balaban J connectivity index is 1.88. The van der Waals surface area contributed by atoms with Crippen molar-refractivity contribution in [3.8, 4) is 0 Å². The molecule has 152 valence electrons. The zero-order valence-corrected chi connectivity index (χ0v) is 18.5. The molecule has 0 unspecified atom stereocenters. The first-order valence-electron chi connectivity index (χ1n) is 9.47. The van der Waals surface area contributed by atoms with E-state index in [2.05, 4.69) is 0 Å². The molecule has 0 spiro atoms. The summed E-state index contributed by atoms with van der Waals surface area (Å²) in [7, 11) is -3.58. The lowest BCUT2D eigenvalue weighted by molar-refractivity contribution is 0.0753. The van der Waals surface area contributed by atoms with Crippen LogP contribution in [0.25, 0.3) is 0 Å². The third-order valence-corrected chi connectivity index (χ3v) is 8.15. The molecular weight excluding hydrogens is 416 g/mol. The predicted octanol–water partition coefficient (Wildman–Crippen LogP) is 4.55. The van der Waals surface area contributed by atoms with Gasteiger partial charge in [-0.1, -0.05) is 24.1 Å². The highest BCUT2D eigenvalue weighted by Crippen LogP contribution is 2.26. The Bertz CT molecular complexity index is 950. The normalized spacial score (nSPS) is 15.5. The minimum Gasteiger partial charge on any atom is -0.334 e. The molecule has 1 aromatic heterocycles. The van der Waals surface area contributed by atoms with E-state index in [9.17, 15) is 13.2 Å². The number of hydrogen-bond acceptors (Lipinski definition) is 4. The van der Waals surface area contributed by atoms with Crippen LogP contribution in [0.1, 0.15) is 47.0 Å². The van der Waals surface area contributed by atoms with E-state index in [0.29, 0.717) is 36.1 Å². The van der Waals surface area contributed by atoms with E-state index < -0.39 is 10.0 Å². The van der Waals surface area contributed by atoms with Crippen LogP contribution >= 0.6 is 22.9 Å². The van der Waals surface area contributed by atoms with Crippen LogP contribution in [-0.4, -0.2) is 43.2 Å². The molecule has 0 atom stereocenters. The Labute approximate surface area is 176 Å². The molecule has 1 amide bonds. The third-order valence-electron chi connectivity index (χ3n) is 5.04. The van der Waals surface area contributed by atoms with Gasteiger partial charge >= 0.3 is 0 Å². The summed E-state index contributed by atoms with van der Waals surface area (Å²) in [5.41, 5.74) is 1.20. The fourth-order valence-corrected chi connectivity index (χ4v) is 6.02. The Morgan fingerprint density at radius 1 is 1.18 bits per heavy atom. The topological polar surface area (TPSA) is 57.7 Å². The van der Waals surface area contributed by atoms with E-state index in [1.807, 2.05) is 26.0 Å². The first-order chi connectivity index (χ1) is 13.3. The molecule has 0 radical (unpaired) electrons. The average molecular weight is 441 g/mol. The quantitative estimate of drug-likeness (QED) is 0.662. The lowest BCUT2D eigenvalue weighted by atomic mass is 10.1. The zero-order chi connectivity index (χ0) is 20.3. The lowest BCUT2D eigenvalue weighted by Gasteiger charge is -2.26. The van der Waals surface area contributed by atoms with E-state index in [1.165, 1.54) is 21.7 Å². The van der Waals surface area contributed by atoms with Gasteiger partial charge in [-0.05, 0) is 56.5 Å². The number of nitrogens with zero attached hydrogens (tertiary/aromatic N) is 2.